The van der Waals surface area contributed by atoms with Gasteiger partial charge in [0, 0.05) is 35.3 Å². The Hall–Kier alpha value is -5.15. The van der Waals surface area contributed by atoms with Gasteiger partial charge in [-0.1, -0.05) is 84.9 Å². The largest absolute Gasteiger partial charge is 0.497 e. The van der Waals surface area contributed by atoms with Crippen molar-refractivity contribution in [1.29, 1.82) is 0 Å². The lowest BCUT2D eigenvalue weighted by Gasteiger charge is -2.38. The van der Waals surface area contributed by atoms with Crippen LogP contribution in [-0.4, -0.2) is 42.7 Å². The molecule has 0 radical (unpaired) electrons. The monoisotopic (exact) mass is 620 g/mol. The fraction of sp³-hybridized carbons (Fsp3) is 0.194. The normalized spacial score (nSPS) is 15.3. The van der Waals surface area contributed by atoms with Crippen LogP contribution >= 0.6 is 12.2 Å². The van der Waals surface area contributed by atoms with E-state index in [1.54, 1.807) is 98.1 Å². The van der Waals surface area contributed by atoms with Crippen molar-refractivity contribution in [2.24, 2.45) is 11.8 Å². The van der Waals surface area contributed by atoms with Crippen LogP contribution in [-0.2, 0) is 9.59 Å². The maximum Gasteiger partial charge on any atom is 0.239 e. The van der Waals surface area contributed by atoms with Crippen LogP contribution < -0.4 is 20.1 Å². The maximum absolute atomic E-state index is 14.8. The summed E-state index contributed by atoms with van der Waals surface area (Å²) in [5.41, 5.74) is 2.11. The predicted molar refractivity (Wildman–Crippen MR) is 173 cm³/mol. The Bertz CT molecular complexity index is 1670. The summed E-state index contributed by atoms with van der Waals surface area (Å²) in [5, 5.41) is 5.03. The van der Waals surface area contributed by atoms with E-state index in [1.807, 2.05) is 18.2 Å². The zero-order valence-electron chi connectivity index (χ0n) is 24.8. The molecule has 2 amide bonds. The Morgan fingerprint density at radius 3 is 1.64 bits per heavy atom. The average Bonchev–Trinajstić information content (AvgIpc) is 3.07. The molecule has 1 aliphatic rings. The van der Waals surface area contributed by atoms with Gasteiger partial charge < -0.3 is 20.1 Å². The predicted octanol–water partition coefficient (Wildman–Crippen LogP) is 5.49. The molecular weight excluding hydrogens is 588 g/mol. The van der Waals surface area contributed by atoms with Gasteiger partial charge in [0.15, 0.2) is 16.7 Å². The molecule has 0 aliphatic carbocycles. The first-order chi connectivity index (χ1) is 21.8. The Balaban J connectivity index is 1.75. The highest BCUT2D eigenvalue weighted by atomic mass is 32.1. The fourth-order valence-corrected chi connectivity index (χ4v) is 6.13. The van der Waals surface area contributed by atoms with Crippen LogP contribution in [0.4, 0.5) is 0 Å². The van der Waals surface area contributed by atoms with Crippen LogP contribution in [0.25, 0.3) is 0 Å². The van der Waals surface area contributed by atoms with E-state index in [0.717, 1.165) is 0 Å². The summed E-state index contributed by atoms with van der Waals surface area (Å²) >= 11 is 5.10. The first-order valence-corrected chi connectivity index (χ1v) is 14.8. The summed E-state index contributed by atoms with van der Waals surface area (Å²) in [7, 11) is 3.09. The SMILES string of the molecule is COc1ccc(C(CC(=O)c2ccccc2)C(C(=O)c2ccccc2)C(c2ccc(OC)cc2)C2C(=O)NC(=S)NC2=O)cc1. The van der Waals surface area contributed by atoms with Crippen molar-refractivity contribution in [3.63, 3.8) is 0 Å². The summed E-state index contributed by atoms with van der Waals surface area (Å²) in [4.78, 5) is 55.9. The standard InChI is InChI=1S/C36H32N2O6S/c1-43-26-17-13-22(14-18-26)28(21-29(39)23-9-5-3-6-10-23)31(33(40)25-11-7-4-8-12-25)30(24-15-19-27(44-2)20-16-24)32-34(41)37-36(45)38-35(32)42/h3-20,28,30-32H,21H2,1-2H3,(H2,37,38,41,42,45). The number of rotatable bonds is 12. The second-order valence-electron chi connectivity index (χ2n) is 10.7. The van der Waals surface area contributed by atoms with E-state index >= 15 is 0 Å². The van der Waals surface area contributed by atoms with Crippen LogP contribution in [0.15, 0.2) is 109 Å². The van der Waals surface area contributed by atoms with Gasteiger partial charge in [0.1, 0.15) is 17.4 Å². The van der Waals surface area contributed by atoms with Crippen LogP contribution in [0, 0.1) is 11.8 Å². The first kappa shape index (κ1) is 31.3. The number of hydrogen-bond acceptors (Lipinski definition) is 7. The minimum absolute atomic E-state index is 0.0688. The van der Waals surface area contributed by atoms with Crippen molar-refractivity contribution in [2.45, 2.75) is 18.3 Å². The maximum atomic E-state index is 14.8. The second-order valence-corrected chi connectivity index (χ2v) is 11.1. The number of hydrogen-bond donors (Lipinski definition) is 2. The van der Waals surface area contributed by atoms with Gasteiger partial charge in [-0.25, -0.2) is 0 Å². The number of methoxy groups -OCH3 is 2. The molecule has 228 valence electrons. The van der Waals surface area contributed by atoms with Crippen molar-refractivity contribution >= 4 is 40.7 Å². The highest BCUT2D eigenvalue weighted by Gasteiger charge is 2.49. The number of nitrogens with one attached hydrogen (secondary N) is 2. The molecule has 4 aromatic rings. The van der Waals surface area contributed by atoms with Gasteiger partial charge >= 0.3 is 0 Å². The second kappa shape index (κ2) is 14.1. The number of ketones is 2. The summed E-state index contributed by atoms with van der Waals surface area (Å²) < 4.78 is 10.8. The van der Waals surface area contributed by atoms with E-state index in [2.05, 4.69) is 10.6 Å². The van der Waals surface area contributed by atoms with Gasteiger partial charge in [0.25, 0.3) is 0 Å². The first-order valence-electron chi connectivity index (χ1n) is 14.4. The van der Waals surface area contributed by atoms with Gasteiger partial charge in [-0.15, -0.1) is 0 Å². The number of benzene rings is 4. The molecule has 1 aliphatic heterocycles. The van der Waals surface area contributed by atoms with Gasteiger partial charge in [-0.3, -0.25) is 19.2 Å². The fourth-order valence-electron chi connectivity index (χ4n) is 5.92. The van der Waals surface area contributed by atoms with Crippen molar-refractivity contribution in [3.8, 4) is 11.5 Å². The molecule has 0 spiro atoms. The Morgan fingerprint density at radius 1 is 0.689 bits per heavy atom. The van der Waals surface area contributed by atoms with E-state index in [-0.39, 0.29) is 23.1 Å². The molecule has 1 heterocycles. The minimum atomic E-state index is -1.34. The number of Topliss-reactive ketones (excluding diaryl/α,β-unsaturated/α-hetero) is 2. The molecule has 3 atom stereocenters. The molecule has 5 rings (SSSR count). The van der Waals surface area contributed by atoms with E-state index in [1.165, 1.54) is 7.11 Å². The molecule has 45 heavy (non-hydrogen) atoms. The topological polar surface area (TPSA) is 111 Å². The molecule has 8 nitrogen and oxygen atoms in total. The molecule has 1 saturated heterocycles. The van der Waals surface area contributed by atoms with E-state index < -0.39 is 35.5 Å². The molecular formula is C36H32N2O6S. The number of ether oxygens (including phenoxy) is 2. The Morgan fingerprint density at radius 2 is 1.16 bits per heavy atom. The third kappa shape index (κ3) is 6.99. The molecule has 1 fully saturated rings. The summed E-state index contributed by atoms with van der Waals surface area (Å²) in [6, 6.07) is 31.6. The third-order valence-electron chi connectivity index (χ3n) is 8.12. The van der Waals surface area contributed by atoms with Crippen molar-refractivity contribution in [2.75, 3.05) is 14.2 Å². The lowest BCUT2D eigenvalue weighted by molar-refractivity contribution is -0.136. The molecule has 3 unspecified atom stereocenters. The minimum Gasteiger partial charge on any atom is -0.497 e. The van der Waals surface area contributed by atoms with Crippen LogP contribution in [0.3, 0.4) is 0 Å². The zero-order chi connectivity index (χ0) is 31.9. The molecule has 0 aromatic heterocycles. The highest BCUT2D eigenvalue weighted by molar-refractivity contribution is 7.80. The van der Waals surface area contributed by atoms with Gasteiger partial charge in [0.05, 0.1) is 14.2 Å². The van der Waals surface area contributed by atoms with Crippen molar-refractivity contribution in [3.05, 3.63) is 131 Å². The average molecular weight is 621 g/mol. The number of carbonyl (C=O) groups is 4. The molecule has 0 saturated carbocycles. The van der Waals surface area contributed by atoms with Crippen LogP contribution in [0.5, 0.6) is 11.5 Å². The smallest absolute Gasteiger partial charge is 0.239 e. The van der Waals surface area contributed by atoms with Crippen LogP contribution in [0.2, 0.25) is 0 Å². The highest BCUT2D eigenvalue weighted by Crippen LogP contribution is 2.46. The quantitative estimate of drug-likeness (QED) is 0.122. The lowest BCUT2D eigenvalue weighted by atomic mass is 9.65. The van der Waals surface area contributed by atoms with Gasteiger partial charge in [0.2, 0.25) is 11.8 Å². The summed E-state index contributed by atoms with van der Waals surface area (Å²) in [6.07, 6.45) is -0.0688. The Labute approximate surface area is 266 Å². The van der Waals surface area contributed by atoms with Crippen molar-refractivity contribution < 1.29 is 28.7 Å². The third-order valence-corrected chi connectivity index (χ3v) is 8.33. The van der Waals surface area contributed by atoms with Crippen LogP contribution in [0.1, 0.15) is 50.1 Å². The number of amides is 2. The molecule has 2 N–H and O–H groups in total. The lowest BCUT2D eigenvalue weighted by Crippen LogP contribution is -2.58. The molecule has 0 bridgehead atoms. The molecule has 9 heteroatoms. The summed E-state index contributed by atoms with van der Waals surface area (Å²) in [5.74, 6) is -4.72. The van der Waals surface area contributed by atoms with Gasteiger partial charge in [-0.05, 0) is 47.6 Å². The van der Waals surface area contributed by atoms with Gasteiger partial charge in [-0.2, -0.15) is 0 Å². The zero-order valence-corrected chi connectivity index (χ0v) is 25.6. The van der Waals surface area contributed by atoms with E-state index in [0.29, 0.717) is 33.8 Å². The van der Waals surface area contributed by atoms with Crippen molar-refractivity contribution in [1.82, 2.24) is 10.6 Å². The number of carbonyl (C=O) groups excluding carboxylic acids is 4. The summed E-state index contributed by atoms with van der Waals surface area (Å²) in [6.45, 7) is 0. The molecule has 4 aromatic carbocycles. The Kier molecular flexibility index (Phi) is 9.79. The van der Waals surface area contributed by atoms with E-state index in [4.69, 9.17) is 21.7 Å². The number of thiocarbonyl (C=S) groups is 1. The van der Waals surface area contributed by atoms with E-state index in [9.17, 15) is 19.2 Å².